The maximum Gasteiger partial charge on any atom is 0.0922 e. The number of oxime groups is 1. The molecule has 17 heavy (non-hydrogen) atoms. The van der Waals surface area contributed by atoms with Gasteiger partial charge in [-0.2, -0.15) is 0 Å². The van der Waals surface area contributed by atoms with Crippen LogP contribution in [0.2, 0.25) is 0 Å². The zero-order valence-electron chi connectivity index (χ0n) is 9.18. The predicted molar refractivity (Wildman–Crippen MR) is 72.6 cm³/mol. The van der Waals surface area contributed by atoms with E-state index < -0.39 is 0 Å². The van der Waals surface area contributed by atoms with Crippen molar-refractivity contribution in [1.82, 2.24) is 0 Å². The van der Waals surface area contributed by atoms with Gasteiger partial charge in [0.2, 0.25) is 0 Å². The van der Waals surface area contributed by atoms with E-state index in [0.29, 0.717) is 12.1 Å². The third-order valence-corrected chi connectivity index (χ3v) is 3.21. The molecule has 0 radical (unpaired) electrons. The summed E-state index contributed by atoms with van der Waals surface area (Å²) < 4.78 is 0.934. The van der Waals surface area contributed by atoms with E-state index in [0.717, 1.165) is 15.6 Å². The summed E-state index contributed by atoms with van der Waals surface area (Å²) in [6.07, 6.45) is 0.611. The van der Waals surface area contributed by atoms with Crippen molar-refractivity contribution >= 4 is 21.6 Å². The number of halogens is 1. The van der Waals surface area contributed by atoms with Crippen LogP contribution in [0.25, 0.3) is 0 Å². The van der Waals surface area contributed by atoms with Gasteiger partial charge >= 0.3 is 0 Å². The average molecular weight is 290 g/mol. The maximum atomic E-state index is 9.13. The van der Waals surface area contributed by atoms with Crippen LogP contribution in [0, 0.1) is 0 Å². The summed E-state index contributed by atoms with van der Waals surface area (Å²) >= 11 is 3.46. The van der Waals surface area contributed by atoms with Crippen molar-refractivity contribution < 1.29 is 5.21 Å². The quantitative estimate of drug-likeness (QED) is 0.519. The SMILES string of the molecule is O/N=C(/Cc1ccccc1)c1ccccc1Br. The molecule has 2 nitrogen and oxygen atoms in total. The van der Waals surface area contributed by atoms with Gasteiger partial charge in [0.25, 0.3) is 0 Å². The van der Waals surface area contributed by atoms with E-state index in [1.54, 1.807) is 0 Å². The van der Waals surface area contributed by atoms with Crippen LogP contribution in [0.5, 0.6) is 0 Å². The van der Waals surface area contributed by atoms with E-state index in [4.69, 9.17) is 5.21 Å². The Hall–Kier alpha value is -1.61. The summed E-state index contributed by atoms with van der Waals surface area (Å²) in [6, 6.07) is 17.7. The number of hydrogen-bond donors (Lipinski definition) is 1. The molecule has 0 heterocycles. The van der Waals surface area contributed by atoms with Gasteiger partial charge in [-0.25, -0.2) is 0 Å². The fourth-order valence-corrected chi connectivity index (χ4v) is 2.18. The molecule has 2 rings (SSSR count). The van der Waals surface area contributed by atoms with Gasteiger partial charge in [0.1, 0.15) is 0 Å². The molecule has 0 spiro atoms. The molecule has 0 unspecified atom stereocenters. The van der Waals surface area contributed by atoms with Crippen LogP contribution in [0.15, 0.2) is 64.2 Å². The summed E-state index contributed by atoms with van der Waals surface area (Å²) in [7, 11) is 0. The van der Waals surface area contributed by atoms with Crippen LogP contribution in [-0.4, -0.2) is 10.9 Å². The normalized spacial score (nSPS) is 11.5. The minimum atomic E-state index is 0.611. The fourth-order valence-electron chi connectivity index (χ4n) is 1.67. The van der Waals surface area contributed by atoms with Crippen LogP contribution in [-0.2, 0) is 6.42 Å². The number of rotatable bonds is 3. The third-order valence-electron chi connectivity index (χ3n) is 2.52. The Bertz CT molecular complexity index is 523. The molecule has 0 aliphatic rings. The summed E-state index contributed by atoms with van der Waals surface area (Å²) in [6.45, 7) is 0. The van der Waals surface area contributed by atoms with Crippen molar-refractivity contribution in [2.75, 3.05) is 0 Å². The second-order valence-electron chi connectivity index (χ2n) is 3.69. The lowest BCUT2D eigenvalue weighted by atomic mass is 10.0. The lowest BCUT2D eigenvalue weighted by molar-refractivity contribution is 0.318. The first-order valence-electron chi connectivity index (χ1n) is 5.31. The highest BCUT2D eigenvalue weighted by molar-refractivity contribution is 9.10. The molecule has 2 aromatic rings. The number of nitrogens with zero attached hydrogens (tertiary/aromatic N) is 1. The van der Waals surface area contributed by atoms with E-state index in [2.05, 4.69) is 21.1 Å². The first kappa shape index (κ1) is 11.9. The molecule has 0 aliphatic heterocycles. The van der Waals surface area contributed by atoms with Gasteiger partial charge in [0, 0.05) is 16.5 Å². The predicted octanol–water partition coefficient (Wildman–Crippen LogP) is 3.87. The standard InChI is InChI=1S/C14H12BrNO/c15-13-9-5-4-8-12(13)14(16-17)10-11-6-2-1-3-7-11/h1-9,17H,10H2/b16-14-. The second kappa shape index (κ2) is 5.64. The Morgan fingerprint density at radius 3 is 2.29 bits per heavy atom. The molecule has 0 aromatic heterocycles. The van der Waals surface area contributed by atoms with Gasteiger partial charge in [-0.1, -0.05) is 69.6 Å². The summed E-state index contributed by atoms with van der Waals surface area (Å²) in [5.74, 6) is 0. The van der Waals surface area contributed by atoms with Crippen LogP contribution >= 0.6 is 15.9 Å². The maximum absolute atomic E-state index is 9.13. The summed E-state index contributed by atoms with van der Waals surface area (Å²) in [5, 5.41) is 12.5. The Balaban J connectivity index is 2.28. The largest absolute Gasteiger partial charge is 0.411 e. The molecule has 0 aliphatic carbocycles. The summed E-state index contributed by atoms with van der Waals surface area (Å²) in [5.41, 5.74) is 2.69. The molecule has 0 saturated carbocycles. The Morgan fingerprint density at radius 2 is 1.65 bits per heavy atom. The molecule has 0 bridgehead atoms. The zero-order valence-corrected chi connectivity index (χ0v) is 10.8. The molecular formula is C14H12BrNO. The molecule has 0 amide bonds. The molecule has 0 atom stereocenters. The van der Waals surface area contributed by atoms with Crippen molar-refractivity contribution in [2.45, 2.75) is 6.42 Å². The topological polar surface area (TPSA) is 32.6 Å². The third kappa shape index (κ3) is 2.94. The highest BCUT2D eigenvalue weighted by atomic mass is 79.9. The van der Waals surface area contributed by atoms with Gasteiger partial charge in [-0.3, -0.25) is 0 Å². The van der Waals surface area contributed by atoms with Gasteiger partial charge in [-0.15, -0.1) is 0 Å². The average Bonchev–Trinajstić information content (AvgIpc) is 2.38. The van der Waals surface area contributed by atoms with Crippen molar-refractivity contribution in [3.05, 3.63) is 70.2 Å². The second-order valence-corrected chi connectivity index (χ2v) is 4.54. The van der Waals surface area contributed by atoms with Gasteiger partial charge in [-0.05, 0) is 11.6 Å². The Morgan fingerprint density at radius 1 is 1.00 bits per heavy atom. The number of hydrogen-bond acceptors (Lipinski definition) is 2. The molecule has 3 heteroatoms. The lowest BCUT2D eigenvalue weighted by Gasteiger charge is -2.06. The molecule has 86 valence electrons. The molecule has 2 aromatic carbocycles. The van der Waals surface area contributed by atoms with E-state index in [-0.39, 0.29) is 0 Å². The van der Waals surface area contributed by atoms with E-state index in [1.807, 2.05) is 54.6 Å². The molecular weight excluding hydrogens is 278 g/mol. The van der Waals surface area contributed by atoms with Crippen molar-refractivity contribution in [3.8, 4) is 0 Å². The zero-order chi connectivity index (χ0) is 12.1. The first-order valence-corrected chi connectivity index (χ1v) is 6.10. The molecule has 0 saturated heterocycles. The monoisotopic (exact) mass is 289 g/mol. The smallest absolute Gasteiger partial charge is 0.0922 e. The van der Waals surface area contributed by atoms with E-state index in [1.165, 1.54) is 0 Å². The van der Waals surface area contributed by atoms with Crippen molar-refractivity contribution in [1.29, 1.82) is 0 Å². The van der Waals surface area contributed by atoms with Crippen molar-refractivity contribution in [2.24, 2.45) is 5.16 Å². The highest BCUT2D eigenvalue weighted by Gasteiger charge is 2.08. The Kier molecular flexibility index (Phi) is 3.94. The first-order chi connectivity index (χ1) is 8.31. The van der Waals surface area contributed by atoms with Crippen LogP contribution in [0.1, 0.15) is 11.1 Å². The van der Waals surface area contributed by atoms with E-state index in [9.17, 15) is 0 Å². The number of benzene rings is 2. The minimum Gasteiger partial charge on any atom is -0.411 e. The van der Waals surface area contributed by atoms with Crippen molar-refractivity contribution in [3.63, 3.8) is 0 Å². The lowest BCUT2D eigenvalue weighted by Crippen LogP contribution is -2.06. The highest BCUT2D eigenvalue weighted by Crippen LogP contribution is 2.18. The molecule has 0 fully saturated rings. The molecule has 1 N–H and O–H groups in total. The van der Waals surface area contributed by atoms with Crippen LogP contribution in [0.4, 0.5) is 0 Å². The minimum absolute atomic E-state index is 0.611. The van der Waals surface area contributed by atoms with Crippen LogP contribution < -0.4 is 0 Å². The van der Waals surface area contributed by atoms with Gasteiger partial charge in [0.15, 0.2) is 0 Å². The Labute approximate surface area is 109 Å². The fraction of sp³-hybridized carbons (Fsp3) is 0.0714. The van der Waals surface area contributed by atoms with Gasteiger partial charge < -0.3 is 5.21 Å². The van der Waals surface area contributed by atoms with E-state index >= 15 is 0 Å². The van der Waals surface area contributed by atoms with Gasteiger partial charge in [0.05, 0.1) is 5.71 Å². The summed E-state index contributed by atoms with van der Waals surface area (Å²) in [4.78, 5) is 0. The van der Waals surface area contributed by atoms with Crippen LogP contribution in [0.3, 0.4) is 0 Å².